The van der Waals surface area contributed by atoms with Crippen LogP contribution in [0.15, 0.2) is 11.6 Å². The quantitative estimate of drug-likeness (QED) is 0.619. The fourth-order valence-corrected chi connectivity index (χ4v) is 1.79. The van der Waals surface area contributed by atoms with Crippen LogP contribution in [0.4, 0.5) is 0 Å². The summed E-state index contributed by atoms with van der Waals surface area (Å²) in [5.74, 6) is 0.971. The highest BCUT2D eigenvalue weighted by Gasteiger charge is 2.16. The van der Waals surface area contributed by atoms with Gasteiger partial charge in [-0.25, -0.2) is 0 Å². The third-order valence-corrected chi connectivity index (χ3v) is 2.60. The van der Waals surface area contributed by atoms with E-state index in [4.69, 9.17) is 5.73 Å². The number of rotatable bonds is 3. The Morgan fingerprint density at radius 3 is 3.00 bits per heavy atom. The Morgan fingerprint density at radius 1 is 1.64 bits per heavy atom. The summed E-state index contributed by atoms with van der Waals surface area (Å²) in [6.45, 7) is 3.09. The molecule has 0 aliphatic heterocycles. The molecule has 11 heavy (non-hydrogen) atoms. The Balaban J connectivity index is 2.28. The van der Waals surface area contributed by atoms with E-state index in [1.54, 1.807) is 5.57 Å². The molecule has 0 aromatic heterocycles. The molecule has 1 fully saturated rings. The second kappa shape index (κ2) is 4.55. The molecule has 0 bridgehead atoms. The topological polar surface area (TPSA) is 26.0 Å². The van der Waals surface area contributed by atoms with E-state index in [9.17, 15) is 0 Å². The summed E-state index contributed by atoms with van der Waals surface area (Å²) in [6.07, 6.45) is 8.85. The first-order chi connectivity index (χ1) is 5.36. The summed E-state index contributed by atoms with van der Waals surface area (Å²) in [5.41, 5.74) is 7.08. The van der Waals surface area contributed by atoms with Crippen LogP contribution in [0, 0.1) is 5.92 Å². The van der Waals surface area contributed by atoms with Gasteiger partial charge in [0, 0.05) is 0 Å². The van der Waals surface area contributed by atoms with E-state index < -0.39 is 0 Å². The number of nitrogens with two attached hydrogens (primary N) is 1. The SMILES string of the molecule is CCC1CCC(=CCCN)C1. The minimum atomic E-state index is 0.806. The van der Waals surface area contributed by atoms with Gasteiger partial charge in [0.05, 0.1) is 0 Å². The van der Waals surface area contributed by atoms with Gasteiger partial charge in [-0.05, 0) is 38.1 Å². The van der Waals surface area contributed by atoms with E-state index in [2.05, 4.69) is 13.0 Å². The molecule has 2 N–H and O–H groups in total. The molecule has 0 aromatic rings. The fraction of sp³-hybridized carbons (Fsp3) is 0.800. The average molecular weight is 153 g/mol. The Morgan fingerprint density at radius 2 is 2.45 bits per heavy atom. The first kappa shape index (κ1) is 8.79. The fourth-order valence-electron chi connectivity index (χ4n) is 1.79. The molecule has 0 spiro atoms. The van der Waals surface area contributed by atoms with Crippen molar-refractivity contribution in [1.82, 2.24) is 0 Å². The Bertz CT molecular complexity index is 138. The van der Waals surface area contributed by atoms with E-state index in [0.717, 1.165) is 18.9 Å². The van der Waals surface area contributed by atoms with Gasteiger partial charge in [-0.3, -0.25) is 0 Å². The molecule has 1 atom stereocenters. The van der Waals surface area contributed by atoms with Gasteiger partial charge in [0.25, 0.3) is 0 Å². The molecule has 1 saturated carbocycles. The van der Waals surface area contributed by atoms with Crippen LogP contribution in [-0.2, 0) is 0 Å². The standard InChI is InChI=1S/C10H19N/c1-2-9-5-6-10(8-9)4-3-7-11/h4,9H,2-3,5-8,11H2,1H3. The Hall–Kier alpha value is -0.300. The van der Waals surface area contributed by atoms with Crippen LogP contribution < -0.4 is 5.73 Å². The molecular formula is C10H19N. The Labute approximate surface area is 69.7 Å². The average Bonchev–Trinajstić information content (AvgIpc) is 2.48. The summed E-state index contributed by atoms with van der Waals surface area (Å²) >= 11 is 0. The molecule has 0 amide bonds. The summed E-state index contributed by atoms with van der Waals surface area (Å²) in [5, 5.41) is 0. The first-order valence-corrected chi connectivity index (χ1v) is 4.74. The van der Waals surface area contributed by atoms with Crippen molar-refractivity contribution < 1.29 is 0 Å². The molecule has 1 rings (SSSR count). The lowest BCUT2D eigenvalue weighted by atomic mass is 10.1. The molecule has 1 aliphatic rings. The van der Waals surface area contributed by atoms with Gasteiger partial charge in [-0.1, -0.05) is 25.0 Å². The van der Waals surface area contributed by atoms with E-state index >= 15 is 0 Å². The molecule has 64 valence electrons. The van der Waals surface area contributed by atoms with Crippen LogP contribution in [0.1, 0.15) is 39.0 Å². The van der Waals surface area contributed by atoms with Crippen molar-refractivity contribution in [2.45, 2.75) is 39.0 Å². The molecule has 1 heteroatoms. The minimum Gasteiger partial charge on any atom is -0.330 e. The van der Waals surface area contributed by atoms with E-state index in [-0.39, 0.29) is 0 Å². The van der Waals surface area contributed by atoms with E-state index in [1.807, 2.05) is 0 Å². The predicted molar refractivity (Wildman–Crippen MR) is 49.4 cm³/mol. The smallest absolute Gasteiger partial charge is 0.00425 e. The maximum absolute atomic E-state index is 5.43. The molecule has 0 saturated heterocycles. The van der Waals surface area contributed by atoms with Crippen LogP contribution in [0.2, 0.25) is 0 Å². The zero-order valence-corrected chi connectivity index (χ0v) is 7.47. The monoisotopic (exact) mass is 153 g/mol. The van der Waals surface area contributed by atoms with Gasteiger partial charge in [-0.15, -0.1) is 0 Å². The highest BCUT2D eigenvalue weighted by atomic mass is 14.5. The van der Waals surface area contributed by atoms with Crippen LogP contribution in [0.5, 0.6) is 0 Å². The zero-order chi connectivity index (χ0) is 8.10. The third-order valence-electron chi connectivity index (χ3n) is 2.60. The molecular weight excluding hydrogens is 134 g/mol. The van der Waals surface area contributed by atoms with Crippen LogP contribution >= 0.6 is 0 Å². The molecule has 1 nitrogen and oxygen atoms in total. The van der Waals surface area contributed by atoms with Crippen molar-refractivity contribution in [2.24, 2.45) is 11.7 Å². The van der Waals surface area contributed by atoms with Crippen LogP contribution in [0.25, 0.3) is 0 Å². The van der Waals surface area contributed by atoms with E-state index in [1.165, 1.54) is 25.7 Å². The maximum Gasteiger partial charge on any atom is -0.00425 e. The van der Waals surface area contributed by atoms with Crippen LogP contribution in [-0.4, -0.2) is 6.54 Å². The second-order valence-electron chi connectivity index (χ2n) is 3.46. The van der Waals surface area contributed by atoms with Crippen molar-refractivity contribution >= 4 is 0 Å². The van der Waals surface area contributed by atoms with Crippen molar-refractivity contribution in [3.05, 3.63) is 11.6 Å². The lowest BCUT2D eigenvalue weighted by Gasteiger charge is -2.01. The van der Waals surface area contributed by atoms with Gasteiger partial charge in [0.1, 0.15) is 0 Å². The summed E-state index contributed by atoms with van der Waals surface area (Å²) in [4.78, 5) is 0. The molecule has 1 unspecified atom stereocenters. The van der Waals surface area contributed by atoms with E-state index in [0.29, 0.717) is 0 Å². The van der Waals surface area contributed by atoms with Gasteiger partial charge in [-0.2, -0.15) is 0 Å². The van der Waals surface area contributed by atoms with Crippen molar-refractivity contribution in [3.8, 4) is 0 Å². The highest BCUT2D eigenvalue weighted by Crippen LogP contribution is 2.32. The maximum atomic E-state index is 5.43. The summed E-state index contributed by atoms with van der Waals surface area (Å²) in [6, 6.07) is 0. The Kier molecular flexibility index (Phi) is 3.64. The number of hydrogen-bond acceptors (Lipinski definition) is 1. The normalized spacial score (nSPS) is 28.2. The van der Waals surface area contributed by atoms with Gasteiger partial charge in [0.15, 0.2) is 0 Å². The zero-order valence-electron chi connectivity index (χ0n) is 7.47. The number of allylic oxidation sites excluding steroid dienone is 1. The first-order valence-electron chi connectivity index (χ1n) is 4.74. The second-order valence-corrected chi connectivity index (χ2v) is 3.46. The largest absolute Gasteiger partial charge is 0.330 e. The lowest BCUT2D eigenvalue weighted by Crippen LogP contribution is -1.96. The predicted octanol–water partition coefficient (Wildman–Crippen LogP) is 2.47. The molecule has 0 radical (unpaired) electrons. The molecule has 0 heterocycles. The van der Waals surface area contributed by atoms with Gasteiger partial charge >= 0.3 is 0 Å². The summed E-state index contributed by atoms with van der Waals surface area (Å²) < 4.78 is 0. The van der Waals surface area contributed by atoms with Crippen molar-refractivity contribution in [1.29, 1.82) is 0 Å². The lowest BCUT2D eigenvalue weighted by molar-refractivity contribution is 0.537. The van der Waals surface area contributed by atoms with Gasteiger partial charge in [0.2, 0.25) is 0 Å². The van der Waals surface area contributed by atoms with Crippen LogP contribution in [0.3, 0.4) is 0 Å². The summed E-state index contributed by atoms with van der Waals surface area (Å²) in [7, 11) is 0. The van der Waals surface area contributed by atoms with Crippen molar-refractivity contribution in [3.63, 3.8) is 0 Å². The minimum absolute atomic E-state index is 0.806. The van der Waals surface area contributed by atoms with Gasteiger partial charge < -0.3 is 5.73 Å². The molecule has 1 aliphatic carbocycles. The number of hydrogen-bond donors (Lipinski definition) is 1. The highest BCUT2D eigenvalue weighted by molar-refractivity contribution is 5.08. The third kappa shape index (κ3) is 2.66. The molecule has 0 aromatic carbocycles. The van der Waals surface area contributed by atoms with Crippen molar-refractivity contribution in [2.75, 3.05) is 6.54 Å².